The highest BCUT2D eigenvalue weighted by Gasteiger charge is 2.34. The molecule has 1 aliphatic rings. The van der Waals surface area contributed by atoms with Crippen LogP contribution >= 0.6 is 11.6 Å². The first kappa shape index (κ1) is 14.4. The van der Waals surface area contributed by atoms with Gasteiger partial charge in [-0.25, -0.2) is 4.98 Å². The summed E-state index contributed by atoms with van der Waals surface area (Å²) < 4.78 is 7.89. The lowest BCUT2D eigenvalue weighted by molar-refractivity contribution is 0.0502. The predicted molar refractivity (Wildman–Crippen MR) is 88.9 cm³/mol. The topological polar surface area (TPSA) is 72.8 Å². The van der Waals surface area contributed by atoms with Gasteiger partial charge in [-0.05, 0) is 36.2 Å². The zero-order valence-corrected chi connectivity index (χ0v) is 13.3. The van der Waals surface area contributed by atoms with Gasteiger partial charge in [0.2, 0.25) is 0 Å². The number of ether oxygens (including phenoxy) is 1. The third kappa shape index (κ3) is 2.16. The minimum absolute atomic E-state index is 0.465. The van der Waals surface area contributed by atoms with Crippen LogP contribution in [0, 0.1) is 6.92 Å². The summed E-state index contributed by atoms with van der Waals surface area (Å²) in [7, 11) is 0. The van der Waals surface area contributed by atoms with Crippen molar-refractivity contribution in [1.29, 1.82) is 0 Å². The Labute approximate surface area is 138 Å². The Bertz CT molecular complexity index is 906. The highest BCUT2D eigenvalue weighted by Crippen LogP contribution is 2.39. The number of aliphatic hydroxyl groups is 1. The third-order valence-electron chi connectivity index (χ3n) is 4.31. The number of aliphatic hydroxyl groups excluding tert-OH is 1. The van der Waals surface area contributed by atoms with Gasteiger partial charge in [-0.1, -0.05) is 23.7 Å². The van der Waals surface area contributed by atoms with E-state index in [0.29, 0.717) is 28.7 Å². The van der Waals surface area contributed by atoms with E-state index in [2.05, 4.69) is 4.98 Å². The second kappa shape index (κ2) is 5.15. The van der Waals surface area contributed by atoms with Gasteiger partial charge in [-0.3, -0.25) is 4.40 Å². The minimum Gasteiger partial charge on any atom is -0.479 e. The molecular formula is C17H16ClN3O2. The fourth-order valence-corrected chi connectivity index (χ4v) is 3.38. The Morgan fingerprint density at radius 3 is 3.00 bits per heavy atom. The van der Waals surface area contributed by atoms with Gasteiger partial charge in [0.15, 0.2) is 17.5 Å². The zero-order valence-electron chi connectivity index (χ0n) is 12.5. The van der Waals surface area contributed by atoms with Crippen LogP contribution in [0.3, 0.4) is 0 Å². The van der Waals surface area contributed by atoms with Crippen molar-refractivity contribution < 1.29 is 9.84 Å². The van der Waals surface area contributed by atoms with E-state index >= 15 is 0 Å². The van der Waals surface area contributed by atoms with E-state index in [1.54, 1.807) is 4.40 Å². The van der Waals surface area contributed by atoms with Crippen molar-refractivity contribution in [3.63, 3.8) is 0 Å². The lowest BCUT2D eigenvalue weighted by atomic mass is 10.1. The van der Waals surface area contributed by atoms with Crippen molar-refractivity contribution in [2.75, 3.05) is 5.73 Å². The number of halogens is 1. The monoisotopic (exact) mass is 329 g/mol. The van der Waals surface area contributed by atoms with Crippen LogP contribution in [-0.4, -0.2) is 20.6 Å². The van der Waals surface area contributed by atoms with Gasteiger partial charge < -0.3 is 15.6 Å². The number of aryl methyl sites for hydroxylation is 1. The highest BCUT2D eigenvalue weighted by molar-refractivity contribution is 6.31. The Morgan fingerprint density at radius 2 is 2.17 bits per heavy atom. The van der Waals surface area contributed by atoms with Crippen LogP contribution in [0.1, 0.15) is 22.9 Å². The molecule has 0 spiro atoms. The molecule has 4 rings (SSSR count). The molecule has 3 aromatic rings. The summed E-state index contributed by atoms with van der Waals surface area (Å²) in [5.74, 6) is 1.17. The lowest BCUT2D eigenvalue weighted by Gasteiger charge is -2.18. The van der Waals surface area contributed by atoms with Crippen LogP contribution in [0.2, 0.25) is 5.02 Å². The number of hydrogen-bond acceptors (Lipinski definition) is 4. The molecule has 5 nitrogen and oxygen atoms in total. The van der Waals surface area contributed by atoms with Gasteiger partial charge in [-0.15, -0.1) is 0 Å². The van der Waals surface area contributed by atoms with E-state index in [0.717, 1.165) is 16.8 Å². The number of nitrogen functional groups attached to an aromatic ring is 1. The van der Waals surface area contributed by atoms with Crippen molar-refractivity contribution in [2.24, 2.45) is 0 Å². The number of benzene rings is 1. The summed E-state index contributed by atoms with van der Waals surface area (Å²) in [6, 6.07) is 9.31. The first-order chi connectivity index (χ1) is 11.1. The number of pyridine rings is 1. The molecule has 118 valence electrons. The lowest BCUT2D eigenvalue weighted by Crippen LogP contribution is -2.19. The third-order valence-corrected chi connectivity index (χ3v) is 4.67. The molecule has 3 N–H and O–H groups in total. The van der Waals surface area contributed by atoms with Crippen LogP contribution in [0.5, 0.6) is 5.75 Å². The number of aromatic nitrogens is 2. The Balaban J connectivity index is 1.78. The molecule has 0 saturated heterocycles. The van der Waals surface area contributed by atoms with Gasteiger partial charge in [0.25, 0.3) is 0 Å². The van der Waals surface area contributed by atoms with Crippen LogP contribution in [-0.2, 0) is 6.42 Å². The number of hydrogen-bond donors (Lipinski definition) is 2. The van der Waals surface area contributed by atoms with Crippen molar-refractivity contribution in [3.8, 4) is 5.75 Å². The molecular weight excluding hydrogens is 314 g/mol. The smallest absolute Gasteiger partial charge is 0.181 e. The molecule has 0 bridgehead atoms. The maximum absolute atomic E-state index is 10.4. The van der Waals surface area contributed by atoms with Gasteiger partial charge in [0, 0.05) is 17.6 Å². The zero-order chi connectivity index (χ0) is 16.1. The molecule has 1 aliphatic carbocycles. The van der Waals surface area contributed by atoms with Crippen LogP contribution in [0.15, 0.2) is 36.5 Å². The second-order valence-corrected chi connectivity index (χ2v) is 6.17. The molecule has 2 heterocycles. The fraction of sp³-hybridized carbons (Fsp3) is 0.235. The van der Waals surface area contributed by atoms with Crippen molar-refractivity contribution in [1.82, 2.24) is 9.38 Å². The number of imidazole rings is 1. The molecule has 0 amide bonds. The fourth-order valence-electron chi connectivity index (χ4n) is 3.13. The molecule has 2 unspecified atom stereocenters. The van der Waals surface area contributed by atoms with E-state index in [-0.39, 0.29) is 0 Å². The van der Waals surface area contributed by atoms with E-state index in [4.69, 9.17) is 22.1 Å². The SMILES string of the molecule is Cc1nc2c(OC3c4cccc(Cl)c4CC3O)cccn2c1N. The molecule has 2 atom stereocenters. The normalized spacial score (nSPS) is 20.0. The number of nitrogens with zero attached hydrogens (tertiary/aromatic N) is 2. The summed E-state index contributed by atoms with van der Waals surface area (Å²) >= 11 is 6.22. The Kier molecular flexibility index (Phi) is 3.21. The molecule has 0 aliphatic heterocycles. The summed E-state index contributed by atoms with van der Waals surface area (Å²) in [6.45, 7) is 1.85. The highest BCUT2D eigenvalue weighted by atomic mass is 35.5. The average molecular weight is 330 g/mol. The maximum atomic E-state index is 10.4. The standard InChI is InChI=1S/C17H16ClN3O2/c1-9-16(19)21-7-3-6-14(17(21)20-9)23-15-10-4-2-5-12(18)11(10)8-13(15)22/h2-7,13,15,22H,8,19H2,1H3. The number of anilines is 1. The van der Waals surface area contributed by atoms with E-state index < -0.39 is 12.2 Å². The predicted octanol–water partition coefficient (Wildman–Crippen LogP) is 2.92. The van der Waals surface area contributed by atoms with Crippen molar-refractivity contribution in [2.45, 2.75) is 25.6 Å². The summed E-state index contributed by atoms with van der Waals surface area (Å²) in [4.78, 5) is 4.46. The number of rotatable bonds is 2. The van der Waals surface area contributed by atoms with E-state index in [9.17, 15) is 5.11 Å². The van der Waals surface area contributed by atoms with Gasteiger partial charge in [0.1, 0.15) is 5.82 Å². The summed E-state index contributed by atoms with van der Waals surface area (Å²) in [6.07, 6.45) is 1.22. The summed E-state index contributed by atoms with van der Waals surface area (Å²) in [5.41, 5.74) is 9.27. The van der Waals surface area contributed by atoms with E-state index in [1.165, 1.54) is 0 Å². The first-order valence-corrected chi connectivity index (χ1v) is 7.79. The first-order valence-electron chi connectivity index (χ1n) is 7.41. The molecule has 1 aromatic carbocycles. The number of nitrogens with two attached hydrogens (primary N) is 1. The molecule has 6 heteroatoms. The molecule has 0 fully saturated rings. The molecule has 0 radical (unpaired) electrons. The number of fused-ring (bicyclic) bond motifs is 2. The largest absolute Gasteiger partial charge is 0.479 e. The van der Waals surface area contributed by atoms with Crippen LogP contribution in [0.4, 0.5) is 5.82 Å². The van der Waals surface area contributed by atoms with Crippen molar-refractivity contribution in [3.05, 3.63) is 58.4 Å². The second-order valence-electron chi connectivity index (χ2n) is 5.77. The van der Waals surface area contributed by atoms with Gasteiger partial charge in [-0.2, -0.15) is 0 Å². The van der Waals surface area contributed by atoms with Crippen molar-refractivity contribution >= 4 is 23.1 Å². The quantitative estimate of drug-likeness (QED) is 0.758. The molecule has 2 aromatic heterocycles. The minimum atomic E-state index is -0.640. The Hall–Kier alpha value is -2.24. The van der Waals surface area contributed by atoms with Gasteiger partial charge in [0.05, 0.1) is 11.8 Å². The molecule has 0 saturated carbocycles. The van der Waals surface area contributed by atoms with Crippen LogP contribution in [0.25, 0.3) is 5.65 Å². The Morgan fingerprint density at radius 1 is 1.35 bits per heavy atom. The summed E-state index contributed by atoms with van der Waals surface area (Å²) in [5, 5.41) is 11.1. The van der Waals surface area contributed by atoms with Gasteiger partial charge >= 0.3 is 0 Å². The maximum Gasteiger partial charge on any atom is 0.181 e. The van der Waals surface area contributed by atoms with E-state index in [1.807, 2.05) is 43.5 Å². The molecule has 23 heavy (non-hydrogen) atoms. The van der Waals surface area contributed by atoms with Crippen LogP contribution < -0.4 is 10.5 Å². The average Bonchev–Trinajstić information content (AvgIpc) is 3.00.